The van der Waals surface area contributed by atoms with E-state index in [2.05, 4.69) is 46.6 Å². The summed E-state index contributed by atoms with van der Waals surface area (Å²) in [7, 11) is 0. The number of benzene rings is 1. The summed E-state index contributed by atoms with van der Waals surface area (Å²) >= 11 is 1.56. The van der Waals surface area contributed by atoms with Crippen LogP contribution in [0.4, 0.5) is 0 Å². The minimum absolute atomic E-state index is 0.108. The van der Waals surface area contributed by atoms with Crippen LogP contribution in [0.2, 0.25) is 0 Å². The van der Waals surface area contributed by atoms with Gasteiger partial charge in [0.1, 0.15) is 23.0 Å². The highest BCUT2D eigenvalue weighted by atomic mass is 32.1. The predicted octanol–water partition coefficient (Wildman–Crippen LogP) is 5.07. The second-order valence-electron chi connectivity index (χ2n) is 12.7. The Morgan fingerprint density at radius 2 is 1.95 bits per heavy atom. The Kier molecular flexibility index (Phi) is 6.87. The molecule has 0 unspecified atom stereocenters. The second kappa shape index (κ2) is 10.6. The SMILES string of the molecule is CC(C)(C)c1cc(CC(=O)Cc2ccc(-c3cn4c(n3)sc3nc(OCCN5CCNC6(CC6)C5)ccc34)cc2)no1. The summed E-state index contributed by atoms with van der Waals surface area (Å²) in [5, 5.41) is 7.73. The van der Waals surface area contributed by atoms with Crippen molar-refractivity contribution in [3.8, 4) is 17.1 Å². The molecule has 1 saturated carbocycles. The fourth-order valence-electron chi connectivity index (χ4n) is 5.62. The molecule has 2 aliphatic rings. The van der Waals surface area contributed by atoms with Crippen LogP contribution >= 0.6 is 11.3 Å². The number of nitrogens with one attached hydrogen (secondary N) is 1. The summed E-state index contributed by atoms with van der Waals surface area (Å²) in [5.41, 5.74) is 4.83. The third kappa shape index (κ3) is 5.71. The van der Waals surface area contributed by atoms with Crippen molar-refractivity contribution >= 4 is 32.4 Å². The lowest BCUT2D eigenvalue weighted by Crippen LogP contribution is -2.53. The van der Waals surface area contributed by atoms with Gasteiger partial charge in [0.25, 0.3) is 0 Å². The van der Waals surface area contributed by atoms with Crippen molar-refractivity contribution in [3.63, 3.8) is 0 Å². The number of carbonyl (C=O) groups is 1. The largest absolute Gasteiger partial charge is 0.476 e. The molecule has 0 radical (unpaired) electrons. The van der Waals surface area contributed by atoms with Crippen LogP contribution in [0.15, 0.2) is 53.2 Å². The minimum Gasteiger partial charge on any atom is -0.476 e. The van der Waals surface area contributed by atoms with Gasteiger partial charge in [0.15, 0.2) is 4.96 Å². The number of thiazole rings is 1. The maximum Gasteiger partial charge on any atom is 0.214 e. The van der Waals surface area contributed by atoms with Gasteiger partial charge in [-0.25, -0.2) is 9.97 Å². The Morgan fingerprint density at radius 1 is 1.12 bits per heavy atom. The van der Waals surface area contributed by atoms with Gasteiger partial charge in [-0.3, -0.25) is 14.1 Å². The summed E-state index contributed by atoms with van der Waals surface area (Å²) in [6.07, 6.45) is 5.25. The number of nitrogens with zero attached hydrogens (tertiary/aromatic N) is 5. The van der Waals surface area contributed by atoms with Crippen molar-refractivity contribution in [2.24, 2.45) is 0 Å². The van der Waals surface area contributed by atoms with Crippen LogP contribution in [0.3, 0.4) is 0 Å². The molecule has 2 fully saturated rings. The summed E-state index contributed by atoms with van der Waals surface area (Å²) in [6.45, 7) is 11.0. The molecule has 4 aromatic heterocycles. The molecule has 1 saturated heterocycles. The Hall–Kier alpha value is -3.60. The number of piperazine rings is 1. The van der Waals surface area contributed by atoms with Gasteiger partial charge < -0.3 is 14.6 Å². The van der Waals surface area contributed by atoms with Crippen LogP contribution in [0.5, 0.6) is 5.88 Å². The molecule has 7 rings (SSSR count). The van der Waals surface area contributed by atoms with E-state index < -0.39 is 0 Å². The molecule has 1 aliphatic heterocycles. The molecule has 1 N–H and O–H groups in total. The Balaban J connectivity index is 0.968. The Labute approximate surface area is 248 Å². The zero-order valence-corrected chi connectivity index (χ0v) is 25.2. The van der Waals surface area contributed by atoms with Crippen molar-refractivity contribution < 1.29 is 14.1 Å². The predicted molar refractivity (Wildman–Crippen MR) is 163 cm³/mol. The van der Waals surface area contributed by atoms with Gasteiger partial charge in [-0.15, -0.1) is 0 Å². The van der Waals surface area contributed by atoms with E-state index in [4.69, 9.17) is 19.2 Å². The highest BCUT2D eigenvalue weighted by Gasteiger charge is 2.45. The van der Waals surface area contributed by atoms with Crippen molar-refractivity contribution in [2.75, 3.05) is 32.8 Å². The number of pyridine rings is 1. The number of ether oxygens (including phenoxy) is 1. The lowest BCUT2D eigenvalue weighted by molar-refractivity contribution is -0.117. The molecule has 218 valence electrons. The first-order chi connectivity index (χ1) is 20.2. The normalized spacial score (nSPS) is 16.9. The highest BCUT2D eigenvalue weighted by molar-refractivity contribution is 7.23. The van der Waals surface area contributed by atoms with Crippen LogP contribution < -0.4 is 10.1 Å². The molecule has 1 spiro atoms. The van der Waals surface area contributed by atoms with E-state index in [0.29, 0.717) is 30.1 Å². The minimum atomic E-state index is -0.129. The van der Waals surface area contributed by atoms with E-state index in [-0.39, 0.29) is 17.6 Å². The summed E-state index contributed by atoms with van der Waals surface area (Å²) in [4.78, 5) is 26.6. The van der Waals surface area contributed by atoms with Gasteiger partial charge in [-0.05, 0) is 24.5 Å². The van der Waals surface area contributed by atoms with E-state index >= 15 is 0 Å². The molecule has 10 heteroatoms. The van der Waals surface area contributed by atoms with Gasteiger partial charge in [-0.1, -0.05) is 61.5 Å². The van der Waals surface area contributed by atoms with Gasteiger partial charge in [-0.2, -0.15) is 0 Å². The standard InChI is InChI=1S/C32H36N6O3S/c1-31(2,3)27-18-23(36-41-27)17-24(39)16-21-4-6-22(7-5-21)25-19-38-26-8-9-28(35-29(26)42-30(38)34-25)40-15-14-37-13-12-33-32(20-37)10-11-32/h4-9,18-19,33H,10-17,20H2,1-3H3. The number of carbonyl (C=O) groups excluding carboxylic acids is 1. The smallest absolute Gasteiger partial charge is 0.214 e. The van der Waals surface area contributed by atoms with E-state index in [9.17, 15) is 4.79 Å². The Morgan fingerprint density at radius 3 is 2.71 bits per heavy atom. The first-order valence-electron chi connectivity index (χ1n) is 14.7. The molecule has 0 bridgehead atoms. The lowest BCUT2D eigenvalue weighted by atomic mass is 9.93. The average molecular weight is 585 g/mol. The zero-order valence-electron chi connectivity index (χ0n) is 24.4. The van der Waals surface area contributed by atoms with Gasteiger partial charge in [0, 0.05) is 67.4 Å². The molecule has 1 aliphatic carbocycles. The highest BCUT2D eigenvalue weighted by Crippen LogP contribution is 2.37. The maximum absolute atomic E-state index is 12.7. The monoisotopic (exact) mass is 584 g/mol. The molecular weight excluding hydrogens is 548 g/mol. The first kappa shape index (κ1) is 27.2. The van der Waals surface area contributed by atoms with E-state index in [0.717, 1.165) is 64.1 Å². The number of rotatable bonds is 9. The molecular formula is C32H36N6O3S. The molecule has 5 heterocycles. The van der Waals surface area contributed by atoms with Crippen molar-refractivity contribution in [2.45, 2.75) is 57.4 Å². The van der Waals surface area contributed by atoms with Crippen LogP contribution in [-0.2, 0) is 23.1 Å². The van der Waals surface area contributed by atoms with Crippen LogP contribution in [0.1, 0.15) is 50.6 Å². The van der Waals surface area contributed by atoms with Crippen LogP contribution in [0.25, 0.3) is 26.6 Å². The summed E-state index contributed by atoms with van der Waals surface area (Å²) < 4.78 is 13.5. The lowest BCUT2D eigenvalue weighted by Gasteiger charge is -2.33. The quantitative estimate of drug-likeness (QED) is 0.257. The van der Waals surface area contributed by atoms with Crippen LogP contribution in [0, 0.1) is 0 Å². The van der Waals surface area contributed by atoms with Crippen LogP contribution in [-0.4, -0.2) is 68.5 Å². The van der Waals surface area contributed by atoms with E-state index in [1.165, 1.54) is 12.8 Å². The number of fused-ring (bicyclic) bond motifs is 3. The number of hydrogen-bond acceptors (Lipinski definition) is 9. The van der Waals surface area contributed by atoms with E-state index in [1.807, 2.05) is 42.6 Å². The van der Waals surface area contributed by atoms with Crippen molar-refractivity contribution in [1.82, 2.24) is 29.7 Å². The average Bonchev–Trinajstić information content (AvgIpc) is 3.29. The third-order valence-electron chi connectivity index (χ3n) is 8.23. The fraction of sp³-hybridized carbons (Fsp3) is 0.438. The maximum atomic E-state index is 12.7. The molecule has 42 heavy (non-hydrogen) atoms. The number of aromatic nitrogens is 4. The molecule has 5 aromatic rings. The zero-order chi connectivity index (χ0) is 28.9. The third-order valence-corrected chi connectivity index (χ3v) is 9.19. The molecule has 1 aromatic carbocycles. The summed E-state index contributed by atoms with van der Waals surface area (Å²) in [6, 6.07) is 13.9. The Bertz CT molecular complexity index is 1740. The van der Waals surface area contributed by atoms with Crippen molar-refractivity contribution in [1.29, 1.82) is 0 Å². The molecule has 9 nitrogen and oxygen atoms in total. The molecule has 0 amide bonds. The number of hydrogen-bond donors (Lipinski definition) is 1. The second-order valence-corrected chi connectivity index (χ2v) is 13.7. The summed E-state index contributed by atoms with van der Waals surface area (Å²) in [5.74, 6) is 1.56. The first-order valence-corrected chi connectivity index (χ1v) is 15.5. The van der Waals surface area contributed by atoms with E-state index in [1.54, 1.807) is 11.3 Å². The number of Topliss-reactive ketones (excluding diaryl/α,β-unsaturated/α-hetero) is 1. The van der Waals surface area contributed by atoms with Gasteiger partial charge >= 0.3 is 0 Å². The van der Waals surface area contributed by atoms with Gasteiger partial charge in [0.2, 0.25) is 5.88 Å². The van der Waals surface area contributed by atoms with Gasteiger partial charge in [0.05, 0.1) is 23.3 Å². The van der Waals surface area contributed by atoms with Crippen molar-refractivity contribution in [3.05, 3.63) is 65.7 Å². The topological polar surface area (TPSA) is 97.8 Å². The number of ketones is 1. The fourth-order valence-corrected chi connectivity index (χ4v) is 6.59. The number of imidazole rings is 1. The molecule has 0 atom stereocenters.